The summed E-state index contributed by atoms with van der Waals surface area (Å²) in [6.45, 7) is 4.20. The molecule has 1 unspecified atom stereocenters. The highest BCUT2D eigenvalue weighted by Crippen LogP contribution is 2.40. The molecule has 1 aromatic rings. The van der Waals surface area contributed by atoms with Crippen LogP contribution in [0.4, 0.5) is 0 Å². The van der Waals surface area contributed by atoms with Gasteiger partial charge in [0.2, 0.25) is 10.0 Å². The molecule has 1 saturated carbocycles. The summed E-state index contributed by atoms with van der Waals surface area (Å²) < 4.78 is 27.0. The van der Waals surface area contributed by atoms with Crippen molar-refractivity contribution in [2.45, 2.75) is 52.0 Å². The zero-order chi connectivity index (χ0) is 15.2. The maximum Gasteiger partial charge on any atom is 0.214 e. The minimum Gasteiger partial charge on any atom is -0.246 e. The molecule has 2 aliphatic rings. The monoisotopic (exact) mass is 328 g/mol. The highest BCUT2D eigenvalue weighted by Gasteiger charge is 2.36. The summed E-state index contributed by atoms with van der Waals surface area (Å²) in [4.78, 5) is 5.73. The summed E-state index contributed by atoms with van der Waals surface area (Å²) in [5.74, 6) is 1.37. The van der Waals surface area contributed by atoms with E-state index in [9.17, 15) is 8.42 Å². The Morgan fingerprint density at radius 1 is 1.38 bits per heavy atom. The van der Waals surface area contributed by atoms with E-state index in [1.54, 1.807) is 22.7 Å². The second kappa shape index (κ2) is 5.63. The number of nitrogens with zero attached hydrogens (tertiary/aromatic N) is 2. The minimum atomic E-state index is -3.16. The van der Waals surface area contributed by atoms with Gasteiger partial charge in [-0.2, -0.15) is 4.31 Å². The molecule has 0 N–H and O–H groups in total. The Balaban J connectivity index is 1.77. The molecule has 0 spiro atoms. The molecule has 6 heteroatoms. The number of aryl methyl sites for hydroxylation is 2. The van der Waals surface area contributed by atoms with Crippen molar-refractivity contribution in [2.75, 3.05) is 12.8 Å². The van der Waals surface area contributed by atoms with Gasteiger partial charge in [0.15, 0.2) is 0 Å². The third-order valence-corrected chi connectivity index (χ3v) is 7.96. The molecule has 4 nitrogen and oxygen atoms in total. The van der Waals surface area contributed by atoms with Crippen LogP contribution in [-0.2, 0) is 16.4 Å². The second-order valence-electron chi connectivity index (χ2n) is 6.69. The highest BCUT2D eigenvalue weighted by atomic mass is 32.2. The number of hydrogen-bond donors (Lipinski definition) is 0. The normalized spacial score (nSPS) is 29.2. The van der Waals surface area contributed by atoms with Crippen molar-refractivity contribution >= 4 is 21.4 Å². The lowest BCUT2D eigenvalue weighted by molar-refractivity contribution is 0.230. The van der Waals surface area contributed by atoms with Crippen LogP contribution >= 0.6 is 11.3 Å². The van der Waals surface area contributed by atoms with Gasteiger partial charge in [0.25, 0.3) is 0 Å². The van der Waals surface area contributed by atoms with E-state index in [0.717, 1.165) is 42.8 Å². The van der Waals surface area contributed by atoms with E-state index >= 15 is 0 Å². The Hall–Kier alpha value is -0.460. The van der Waals surface area contributed by atoms with Crippen LogP contribution in [0.25, 0.3) is 0 Å². The Kier molecular flexibility index (Phi) is 4.14. The van der Waals surface area contributed by atoms with Crippen molar-refractivity contribution in [3.8, 4) is 0 Å². The lowest BCUT2D eigenvalue weighted by Gasteiger charge is -2.35. The number of thiazole rings is 1. The third kappa shape index (κ3) is 3.03. The van der Waals surface area contributed by atoms with Gasteiger partial charge in [0.1, 0.15) is 0 Å². The van der Waals surface area contributed by atoms with E-state index < -0.39 is 10.0 Å². The first-order valence-electron chi connectivity index (χ1n) is 7.78. The number of aromatic nitrogens is 1. The molecular weight excluding hydrogens is 304 g/mol. The van der Waals surface area contributed by atoms with Gasteiger partial charge in [-0.15, -0.1) is 11.3 Å². The van der Waals surface area contributed by atoms with Gasteiger partial charge in [0.05, 0.1) is 22.5 Å². The Morgan fingerprint density at radius 2 is 2.10 bits per heavy atom. The maximum absolute atomic E-state index is 12.7. The molecule has 21 heavy (non-hydrogen) atoms. The first-order chi connectivity index (χ1) is 9.87. The van der Waals surface area contributed by atoms with Crippen LogP contribution in [0, 0.1) is 18.8 Å². The van der Waals surface area contributed by atoms with Crippen LogP contribution < -0.4 is 0 Å². The average Bonchev–Trinajstić information content (AvgIpc) is 2.75. The fourth-order valence-corrected chi connectivity index (χ4v) is 6.60. The van der Waals surface area contributed by atoms with Crippen molar-refractivity contribution in [1.29, 1.82) is 0 Å². The molecular formula is C15H24N2O2S2. The van der Waals surface area contributed by atoms with Crippen LogP contribution in [0.1, 0.15) is 54.2 Å². The summed E-state index contributed by atoms with van der Waals surface area (Å²) >= 11 is 1.66. The second-order valence-corrected chi connectivity index (χ2v) is 10.00. The average molecular weight is 329 g/mol. The van der Waals surface area contributed by atoms with Gasteiger partial charge < -0.3 is 0 Å². The minimum absolute atomic E-state index is 0.00227. The first-order valence-corrected chi connectivity index (χ1v) is 10.2. The maximum atomic E-state index is 12.7. The number of rotatable bonds is 4. The van der Waals surface area contributed by atoms with E-state index in [1.165, 1.54) is 4.88 Å². The van der Waals surface area contributed by atoms with Crippen LogP contribution in [0.5, 0.6) is 0 Å². The Bertz CT molecular complexity index is 618. The van der Waals surface area contributed by atoms with Gasteiger partial charge in [-0.1, -0.05) is 6.92 Å². The zero-order valence-corrected chi connectivity index (χ0v) is 14.6. The molecule has 2 aliphatic carbocycles. The van der Waals surface area contributed by atoms with Gasteiger partial charge in [-0.3, -0.25) is 0 Å². The molecule has 1 atom stereocenters. The molecule has 0 amide bonds. The molecule has 1 heterocycles. The SMILES string of the molecule is Cc1nc2c(s1)C(N(C)S(=O)(=O)CC1CC(C)C1)CCC2. The van der Waals surface area contributed by atoms with Gasteiger partial charge in [-0.25, -0.2) is 13.4 Å². The molecule has 3 rings (SSSR count). The molecule has 0 radical (unpaired) electrons. The molecule has 1 fully saturated rings. The summed E-state index contributed by atoms with van der Waals surface area (Å²) in [5, 5.41) is 1.05. The molecule has 1 aromatic heterocycles. The van der Waals surface area contributed by atoms with E-state index in [-0.39, 0.29) is 6.04 Å². The predicted octanol–water partition coefficient (Wildman–Crippen LogP) is 3.14. The fourth-order valence-electron chi connectivity index (χ4n) is 3.68. The number of hydrogen-bond acceptors (Lipinski definition) is 4. The lowest BCUT2D eigenvalue weighted by atomic mass is 9.77. The topological polar surface area (TPSA) is 50.3 Å². The fraction of sp³-hybridized carbons (Fsp3) is 0.800. The van der Waals surface area contributed by atoms with E-state index in [0.29, 0.717) is 17.6 Å². The summed E-state index contributed by atoms with van der Waals surface area (Å²) in [5.41, 5.74) is 1.12. The molecule has 0 bridgehead atoms. The zero-order valence-electron chi connectivity index (χ0n) is 13.0. The summed E-state index contributed by atoms with van der Waals surface area (Å²) in [6.07, 6.45) is 5.06. The molecule has 0 saturated heterocycles. The van der Waals surface area contributed by atoms with Crippen molar-refractivity contribution in [2.24, 2.45) is 11.8 Å². The van der Waals surface area contributed by atoms with E-state index in [2.05, 4.69) is 11.9 Å². The van der Waals surface area contributed by atoms with Gasteiger partial charge in [-0.05, 0) is 50.9 Å². The third-order valence-electron chi connectivity index (χ3n) is 4.82. The number of sulfonamides is 1. The van der Waals surface area contributed by atoms with Gasteiger partial charge in [0, 0.05) is 11.9 Å². The van der Waals surface area contributed by atoms with Crippen LogP contribution in [-0.4, -0.2) is 30.5 Å². The smallest absolute Gasteiger partial charge is 0.214 e. The van der Waals surface area contributed by atoms with Crippen molar-refractivity contribution in [3.63, 3.8) is 0 Å². The van der Waals surface area contributed by atoms with Crippen molar-refractivity contribution < 1.29 is 8.42 Å². The van der Waals surface area contributed by atoms with Crippen LogP contribution in [0.3, 0.4) is 0 Å². The van der Waals surface area contributed by atoms with Crippen molar-refractivity contribution in [1.82, 2.24) is 9.29 Å². The van der Waals surface area contributed by atoms with Crippen LogP contribution in [0.2, 0.25) is 0 Å². The quantitative estimate of drug-likeness (QED) is 0.853. The first kappa shape index (κ1) is 15.4. The molecule has 0 aromatic carbocycles. The Morgan fingerprint density at radius 3 is 2.76 bits per heavy atom. The van der Waals surface area contributed by atoms with E-state index in [4.69, 9.17) is 0 Å². The Labute approximate surface area is 131 Å². The lowest BCUT2D eigenvalue weighted by Crippen LogP contribution is -2.38. The largest absolute Gasteiger partial charge is 0.246 e. The van der Waals surface area contributed by atoms with Crippen LogP contribution in [0.15, 0.2) is 0 Å². The highest BCUT2D eigenvalue weighted by molar-refractivity contribution is 7.89. The van der Waals surface area contributed by atoms with Crippen molar-refractivity contribution in [3.05, 3.63) is 15.6 Å². The summed E-state index contributed by atoms with van der Waals surface area (Å²) in [6, 6.07) is 0.00227. The van der Waals surface area contributed by atoms with E-state index in [1.807, 2.05) is 6.92 Å². The van der Waals surface area contributed by atoms with Gasteiger partial charge >= 0.3 is 0 Å². The predicted molar refractivity (Wildman–Crippen MR) is 86.0 cm³/mol. The number of fused-ring (bicyclic) bond motifs is 1. The standard InChI is InChI=1S/C15H24N2O2S2/c1-10-7-12(8-10)9-21(18,19)17(3)14-6-4-5-13-15(14)20-11(2)16-13/h10,12,14H,4-9H2,1-3H3. The summed E-state index contributed by atoms with van der Waals surface area (Å²) in [7, 11) is -1.41. The molecule has 0 aliphatic heterocycles. The molecule has 118 valence electrons.